The van der Waals surface area contributed by atoms with Crippen molar-refractivity contribution in [3.8, 4) is 0 Å². The minimum absolute atomic E-state index is 0.0963. The molecule has 172 valence electrons. The van der Waals surface area contributed by atoms with Crippen LogP contribution in [-0.4, -0.2) is 44.8 Å². The number of carbonyl (C=O) groups is 1. The maximum atomic E-state index is 12.7. The van der Waals surface area contributed by atoms with E-state index in [9.17, 15) is 4.79 Å². The predicted molar refractivity (Wildman–Crippen MR) is 131 cm³/mol. The van der Waals surface area contributed by atoms with Gasteiger partial charge in [-0.25, -0.2) is 4.98 Å². The summed E-state index contributed by atoms with van der Waals surface area (Å²) in [5.41, 5.74) is 3.91. The Bertz CT molecular complexity index is 1200. The average Bonchev–Trinajstić information content (AvgIpc) is 3.56. The van der Waals surface area contributed by atoms with Gasteiger partial charge in [-0.1, -0.05) is 0 Å². The van der Waals surface area contributed by atoms with E-state index in [1.807, 2.05) is 43.9 Å². The molecule has 1 amide bonds. The number of carbonyl (C=O) groups excluding carboxylic acids is 1. The van der Waals surface area contributed by atoms with Gasteiger partial charge in [0.15, 0.2) is 0 Å². The molecule has 1 aromatic carbocycles. The van der Waals surface area contributed by atoms with Crippen LogP contribution in [0.4, 0.5) is 34.6 Å². The largest absolute Gasteiger partial charge is 0.356 e. The summed E-state index contributed by atoms with van der Waals surface area (Å²) < 4.78 is 1.85. The SMILES string of the molecule is CC(C)N1c2cc(Nc3nccc(Nc4cc(C5CC5)nn4C)n3)ccc2N(C)C(=O)C1C. The molecule has 2 aliphatic rings. The van der Waals surface area contributed by atoms with Crippen molar-refractivity contribution in [3.63, 3.8) is 0 Å². The van der Waals surface area contributed by atoms with Crippen LogP contribution in [0.3, 0.4) is 0 Å². The number of rotatable bonds is 6. The fourth-order valence-corrected chi connectivity index (χ4v) is 4.48. The van der Waals surface area contributed by atoms with E-state index in [1.54, 1.807) is 11.1 Å². The number of aryl methyl sites for hydroxylation is 1. The van der Waals surface area contributed by atoms with Gasteiger partial charge in [-0.15, -0.1) is 0 Å². The van der Waals surface area contributed by atoms with Crippen molar-refractivity contribution >= 4 is 40.6 Å². The summed E-state index contributed by atoms with van der Waals surface area (Å²) in [6.07, 6.45) is 4.16. The van der Waals surface area contributed by atoms with Crippen LogP contribution in [0.25, 0.3) is 0 Å². The lowest BCUT2D eigenvalue weighted by atomic mass is 10.0. The third-order valence-electron chi connectivity index (χ3n) is 6.34. The van der Waals surface area contributed by atoms with E-state index in [0.717, 1.165) is 28.6 Å². The van der Waals surface area contributed by atoms with Gasteiger partial charge in [0.2, 0.25) is 11.9 Å². The number of likely N-dealkylation sites (N-methyl/N-ethyl adjacent to an activating group) is 1. The van der Waals surface area contributed by atoms with Crippen molar-refractivity contribution in [1.82, 2.24) is 19.7 Å². The van der Waals surface area contributed by atoms with Crippen LogP contribution in [0.2, 0.25) is 0 Å². The zero-order valence-electron chi connectivity index (χ0n) is 19.7. The number of hydrogen-bond donors (Lipinski definition) is 2. The first-order valence-corrected chi connectivity index (χ1v) is 11.4. The molecule has 1 aliphatic carbocycles. The van der Waals surface area contributed by atoms with Crippen molar-refractivity contribution in [1.29, 1.82) is 0 Å². The van der Waals surface area contributed by atoms with E-state index < -0.39 is 0 Å². The molecule has 1 fully saturated rings. The minimum atomic E-state index is -0.221. The van der Waals surface area contributed by atoms with Gasteiger partial charge in [0.05, 0.1) is 17.1 Å². The lowest BCUT2D eigenvalue weighted by molar-refractivity contribution is -0.119. The molecule has 9 nitrogen and oxygen atoms in total. The second-order valence-corrected chi connectivity index (χ2v) is 9.15. The summed E-state index contributed by atoms with van der Waals surface area (Å²) in [6.45, 7) is 6.15. The third kappa shape index (κ3) is 3.99. The summed E-state index contributed by atoms with van der Waals surface area (Å²) in [4.78, 5) is 25.6. The molecule has 0 bridgehead atoms. The first-order valence-electron chi connectivity index (χ1n) is 11.4. The fraction of sp³-hybridized carbons (Fsp3) is 0.417. The Hall–Kier alpha value is -3.62. The monoisotopic (exact) mass is 446 g/mol. The average molecular weight is 447 g/mol. The highest BCUT2D eigenvalue weighted by Crippen LogP contribution is 2.40. The Balaban J connectivity index is 1.38. The molecule has 0 saturated heterocycles. The van der Waals surface area contributed by atoms with E-state index in [4.69, 9.17) is 0 Å². The molecule has 9 heteroatoms. The van der Waals surface area contributed by atoms with Crippen molar-refractivity contribution in [2.45, 2.75) is 51.6 Å². The van der Waals surface area contributed by atoms with E-state index in [-0.39, 0.29) is 18.0 Å². The highest BCUT2D eigenvalue weighted by molar-refractivity contribution is 6.05. The van der Waals surface area contributed by atoms with Crippen LogP contribution in [0, 0.1) is 0 Å². The molecule has 0 radical (unpaired) electrons. The van der Waals surface area contributed by atoms with Gasteiger partial charge in [-0.05, 0) is 57.9 Å². The van der Waals surface area contributed by atoms with Gasteiger partial charge in [-0.3, -0.25) is 9.48 Å². The maximum Gasteiger partial charge on any atom is 0.249 e. The second-order valence-electron chi connectivity index (χ2n) is 9.15. The highest BCUT2D eigenvalue weighted by atomic mass is 16.2. The Kier molecular flexibility index (Phi) is 5.19. The van der Waals surface area contributed by atoms with Gasteiger partial charge in [0.25, 0.3) is 0 Å². The van der Waals surface area contributed by atoms with E-state index >= 15 is 0 Å². The molecule has 1 atom stereocenters. The number of anilines is 6. The van der Waals surface area contributed by atoms with E-state index in [0.29, 0.717) is 17.7 Å². The number of aromatic nitrogens is 4. The van der Waals surface area contributed by atoms with Gasteiger partial charge in [0.1, 0.15) is 17.7 Å². The molecule has 2 aromatic heterocycles. The third-order valence-corrected chi connectivity index (χ3v) is 6.34. The van der Waals surface area contributed by atoms with Crippen LogP contribution < -0.4 is 20.4 Å². The fourth-order valence-electron chi connectivity index (χ4n) is 4.48. The molecule has 3 aromatic rings. The summed E-state index contributed by atoms with van der Waals surface area (Å²) in [5, 5.41) is 11.3. The van der Waals surface area contributed by atoms with Crippen LogP contribution in [0.5, 0.6) is 0 Å². The molecule has 1 unspecified atom stereocenters. The zero-order chi connectivity index (χ0) is 23.3. The number of fused-ring (bicyclic) bond motifs is 1. The molecule has 1 saturated carbocycles. The van der Waals surface area contributed by atoms with Gasteiger partial charge in [-0.2, -0.15) is 10.1 Å². The van der Waals surface area contributed by atoms with Gasteiger partial charge >= 0.3 is 0 Å². The smallest absolute Gasteiger partial charge is 0.249 e. The van der Waals surface area contributed by atoms with Gasteiger partial charge in [0, 0.05) is 44.0 Å². The number of benzene rings is 1. The Morgan fingerprint density at radius 1 is 1.06 bits per heavy atom. The van der Waals surface area contributed by atoms with E-state index in [2.05, 4.69) is 56.6 Å². The van der Waals surface area contributed by atoms with Crippen molar-refractivity contribution in [2.75, 3.05) is 27.5 Å². The maximum absolute atomic E-state index is 12.7. The molecule has 1 aliphatic heterocycles. The van der Waals surface area contributed by atoms with Crippen molar-refractivity contribution < 1.29 is 4.79 Å². The zero-order valence-corrected chi connectivity index (χ0v) is 19.7. The first-order chi connectivity index (χ1) is 15.8. The summed E-state index contributed by atoms with van der Waals surface area (Å²) in [6, 6.07) is 9.87. The number of amides is 1. The lowest BCUT2D eigenvalue weighted by Gasteiger charge is -2.42. The van der Waals surface area contributed by atoms with Crippen molar-refractivity contribution in [3.05, 3.63) is 42.2 Å². The molecular weight excluding hydrogens is 416 g/mol. The molecular formula is C24H30N8O. The molecule has 5 rings (SSSR count). The van der Waals surface area contributed by atoms with Crippen molar-refractivity contribution in [2.24, 2.45) is 7.05 Å². The standard InChI is InChI=1S/C24H30N8O/c1-14(2)32-15(3)23(33)30(4)19-9-8-17(12-20(19)32)26-24-25-11-10-21(28-24)27-22-13-18(16-6-7-16)29-31(22)5/h8-16H,6-7H2,1-5H3,(H2,25,26,27,28). The molecule has 0 spiro atoms. The number of nitrogens with zero attached hydrogens (tertiary/aromatic N) is 6. The molecule has 3 heterocycles. The topological polar surface area (TPSA) is 91.2 Å². The van der Waals surface area contributed by atoms with Gasteiger partial charge < -0.3 is 20.4 Å². The predicted octanol–water partition coefficient (Wildman–Crippen LogP) is 4.15. The van der Waals surface area contributed by atoms with Crippen LogP contribution in [0.15, 0.2) is 36.5 Å². The highest BCUT2D eigenvalue weighted by Gasteiger charge is 2.35. The Labute approximate surface area is 193 Å². The number of hydrogen-bond acceptors (Lipinski definition) is 7. The van der Waals surface area contributed by atoms with Crippen LogP contribution in [-0.2, 0) is 11.8 Å². The summed E-state index contributed by atoms with van der Waals surface area (Å²) >= 11 is 0. The molecule has 2 N–H and O–H groups in total. The minimum Gasteiger partial charge on any atom is -0.356 e. The summed E-state index contributed by atoms with van der Waals surface area (Å²) in [5.74, 6) is 2.79. The van der Waals surface area contributed by atoms with Crippen LogP contribution in [0.1, 0.15) is 45.2 Å². The van der Waals surface area contributed by atoms with E-state index in [1.165, 1.54) is 12.8 Å². The Morgan fingerprint density at radius 3 is 2.58 bits per heavy atom. The number of nitrogens with one attached hydrogen (secondary N) is 2. The molecule has 33 heavy (non-hydrogen) atoms. The quantitative estimate of drug-likeness (QED) is 0.588. The Morgan fingerprint density at radius 2 is 1.85 bits per heavy atom. The normalized spacial score (nSPS) is 18.0. The lowest BCUT2D eigenvalue weighted by Crippen LogP contribution is -2.53. The second kappa shape index (κ2) is 8.06. The summed E-state index contributed by atoms with van der Waals surface area (Å²) in [7, 11) is 3.76. The first kappa shape index (κ1) is 21.2. The van der Waals surface area contributed by atoms with Crippen LogP contribution >= 0.6 is 0 Å².